The number of aliphatic hydroxyl groups excluding tert-OH is 2. The summed E-state index contributed by atoms with van der Waals surface area (Å²) in [6.07, 6.45) is 1.32. The Morgan fingerprint density at radius 3 is 1.47 bits per heavy atom. The van der Waals surface area contributed by atoms with Gasteiger partial charge in [-0.1, -0.05) is 0 Å². The van der Waals surface area contributed by atoms with Crippen molar-refractivity contribution in [2.45, 2.75) is 38.8 Å². The predicted molar refractivity (Wildman–Crippen MR) is 121 cm³/mol. The van der Waals surface area contributed by atoms with Gasteiger partial charge in [0.2, 0.25) is 0 Å². The van der Waals surface area contributed by atoms with Gasteiger partial charge in [-0.2, -0.15) is 0 Å². The van der Waals surface area contributed by atoms with Crippen LogP contribution in [0.4, 0.5) is 0 Å². The Bertz CT molecular complexity index is 770. The summed E-state index contributed by atoms with van der Waals surface area (Å²) in [6, 6.07) is 14.5. The van der Waals surface area contributed by atoms with Crippen LogP contribution in [-0.4, -0.2) is 73.6 Å². The molecule has 2 amide bonds. The van der Waals surface area contributed by atoms with Crippen LogP contribution >= 0.6 is 0 Å². The molecule has 2 atom stereocenters. The first kappa shape index (κ1) is 24.6. The van der Waals surface area contributed by atoms with E-state index < -0.39 is 0 Å². The summed E-state index contributed by atoms with van der Waals surface area (Å²) in [7, 11) is 0. The molecule has 2 aromatic carbocycles. The van der Waals surface area contributed by atoms with E-state index in [9.17, 15) is 19.8 Å². The number of carbonyl (C=O) groups is 2. The molecule has 0 aromatic heterocycles. The number of carbonyl (C=O) groups excluding carboxylic acids is 2. The summed E-state index contributed by atoms with van der Waals surface area (Å²) in [5, 5.41) is 24.5. The van der Waals surface area contributed by atoms with E-state index >= 15 is 0 Å². The average Bonchev–Trinajstić information content (AvgIpc) is 2.79. The average molecular weight is 542 g/mol. The molecule has 162 valence electrons. The quantitative estimate of drug-likeness (QED) is 0.300. The fraction of sp³-hybridized carbons (Fsp3) is 0.364. The standard InChI is InChI=1S/C22H28N2O4Se2/c1-3-15(13-25)23-21(27)17-9-5-7-11-19(17)29-30-20-12-8-6-10-18(20)22(28)24-16(4-2)14-26/h5-12,15-16,25-26H,3-4,13-14H2,1-2H3,(H,23,27)(H,24,28). The van der Waals surface area contributed by atoms with Crippen molar-refractivity contribution in [2.24, 2.45) is 0 Å². The van der Waals surface area contributed by atoms with Crippen LogP contribution in [0.25, 0.3) is 0 Å². The monoisotopic (exact) mass is 544 g/mol. The van der Waals surface area contributed by atoms with E-state index in [1.165, 1.54) is 0 Å². The van der Waals surface area contributed by atoms with Gasteiger partial charge in [0, 0.05) is 0 Å². The van der Waals surface area contributed by atoms with E-state index in [-0.39, 0.29) is 63.4 Å². The first-order valence-electron chi connectivity index (χ1n) is 9.89. The molecule has 0 bridgehead atoms. The topological polar surface area (TPSA) is 98.7 Å². The molecule has 4 N–H and O–H groups in total. The van der Waals surface area contributed by atoms with E-state index in [2.05, 4.69) is 10.6 Å². The third kappa shape index (κ3) is 6.95. The van der Waals surface area contributed by atoms with Crippen molar-refractivity contribution in [3.05, 3.63) is 59.7 Å². The van der Waals surface area contributed by atoms with Gasteiger partial charge in [0.15, 0.2) is 0 Å². The normalized spacial score (nSPS) is 12.8. The predicted octanol–water partition coefficient (Wildman–Crippen LogP) is -0.0378. The summed E-state index contributed by atoms with van der Waals surface area (Å²) < 4.78 is 1.96. The molecule has 0 fully saturated rings. The molecule has 0 aliphatic carbocycles. The number of hydrogen-bond acceptors (Lipinski definition) is 4. The molecule has 0 spiro atoms. The number of amides is 2. The van der Waals surface area contributed by atoms with Crippen LogP contribution in [0.2, 0.25) is 0 Å². The van der Waals surface area contributed by atoms with Crippen molar-refractivity contribution in [1.29, 1.82) is 0 Å². The van der Waals surface area contributed by atoms with E-state index in [0.717, 1.165) is 8.92 Å². The Balaban J connectivity index is 2.15. The zero-order valence-corrected chi connectivity index (χ0v) is 20.6. The van der Waals surface area contributed by atoms with E-state index in [0.29, 0.717) is 24.0 Å². The second-order valence-electron chi connectivity index (χ2n) is 6.68. The summed E-state index contributed by atoms with van der Waals surface area (Å²) in [5.74, 6) is -0.354. The first-order chi connectivity index (χ1) is 14.5. The molecule has 2 unspecified atom stereocenters. The van der Waals surface area contributed by atoms with Gasteiger partial charge in [-0.05, 0) is 0 Å². The molecule has 0 saturated heterocycles. The Morgan fingerprint density at radius 2 is 1.13 bits per heavy atom. The van der Waals surface area contributed by atoms with Crippen molar-refractivity contribution < 1.29 is 19.8 Å². The van der Waals surface area contributed by atoms with Gasteiger partial charge in [0.25, 0.3) is 0 Å². The molecule has 30 heavy (non-hydrogen) atoms. The van der Waals surface area contributed by atoms with Crippen LogP contribution in [0.1, 0.15) is 47.4 Å². The molecule has 6 nitrogen and oxygen atoms in total. The number of nitrogens with one attached hydrogen (secondary N) is 2. The first-order valence-corrected chi connectivity index (χ1v) is 15.9. The summed E-state index contributed by atoms with van der Waals surface area (Å²) in [4.78, 5) is 25.3. The molecule has 8 heteroatoms. The fourth-order valence-corrected chi connectivity index (χ4v) is 9.74. The maximum absolute atomic E-state index is 12.7. The summed E-state index contributed by atoms with van der Waals surface area (Å²) >= 11 is -0.00123. The fourth-order valence-electron chi connectivity index (χ4n) is 2.62. The molecular weight excluding hydrogens is 514 g/mol. The van der Waals surface area contributed by atoms with Crippen molar-refractivity contribution >= 4 is 47.0 Å². The molecule has 0 aliphatic rings. The van der Waals surface area contributed by atoms with Gasteiger partial charge >= 0.3 is 189 Å². The Kier molecular flexibility index (Phi) is 10.6. The molecule has 0 heterocycles. The van der Waals surface area contributed by atoms with Gasteiger partial charge in [0.05, 0.1) is 0 Å². The van der Waals surface area contributed by atoms with E-state index in [4.69, 9.17) is 0 Å². The van der Waals surface area contributed by atoms with Crippen LogP contribution in [-0.2, 0) is 0 Å². The maximum atomic E-state index is 12.7. The van der Waals surface area contributed by atoms with Crippen molar-refractivity contribution in [3.63, 3.8) is 0 Å². The van der Waals surface area contributed by atoms with Crippen molar-refractivity contribution in [1.82, 2.24) is 10.6 Å². The van der Waals surface area contributed by atoms with Gasteiger partial charge in [0.1, 0.15) is 0 Å². The van der Waals surface area contributed by atoms with E-state index in [1.807, 2.05) is 50.2 Å². The van der Waals surface area contributed by atoms with E-state index in [1.54, 1.807) is 12.1 Å². The zero-order valence-electron chi connectivity index (χ0n) is 17.1. The van der Waals surface area contributed by atoms with Gasteiger partial charge in [-0.25, -0.2) is 0 Å². The van der Waals surface area contributed by atoms with Crippen LogP contribution in [0.3, 0.4) is 0 Å². The Hall–Kier alpha value is -1.66. The third-order valence-corrected chi connectivity index (χ3v) is 11.8. The second-order valence-corrected chi connectivity index (χ2v) is 12.9. The molecule has 0 radical (unpaired) electrons. The van der Waals surface area contributed by atoms with Crippen molar-refractivity contribution in [3.8, 4) is 0 Å². The van der Waals surface area contributed by atoms with Gasteiger partial charge in [-0.15, -0.1) is 0 Å². The van der Waals surface area contributed by atoms with Gasteiger partial charge < -0.3 is 0 Å². The molecule has 2 rings (SSSR count). The van der Waals surface area contributed by atoms with Crippen LogP contribution < -0.4 is 19.6 Å². The summed E-state index contributed by atoms with van der Waals surface area (Å²) in [5.41, 5.74) is 1.25. The zero-order chi connectivity index (χ0) is 21.9. The Morgan fingerprint density at radius 1 is 0.767 bits per heavy atom. The second kappa shape index (κ2) is 12.9. The molecule has 0 saturated carbocycles. The molecular formula is C22H28N2O4Se2. The number of aliphatic hydroxyl groups is 2. The minimum atomic E-state index is -0.258. The summed E-state index contributed by atoms with van der Waals surface area (Å²) in [6.45, 7) is 3.66. The van der Waals surface area contributed by atoms with Crippen LogP contribution in [0.15, 0.2) is 48.5 Å². The minimum absolute atomic E-state index is 0.000616. The number of benzene rings is 2. The van der Waals surface area contributed by atoms with Crippen LogP contribution in [0.5, 0.6) is 0 Å². The third-order valence-electron chi connectivity index (χ3n) is 4.58. The molecule has 0 aliphatic heterocycles. The Labute approximate surface area is 188 Å². The number of rotatable bonds is 11. The van der Waals surface area contributed by atoms with Gasteiger partial charge in [-0.3, -0.25) is 0 Å². The number of hydrogen-bond donors (Lipinski definition) is 4. The van der Waals surface area contributed by atoms with Crippen LogP contribution in [0, 0.1) is 0 Å². The van der Waals surface area contributed by atoms with Crippen molar-refractivity contribution in [2.75, 3.05) is 13.2 Å². The molecule has 2 aromatic rings. The SMILES string of the molecule is CCC(CO)NC(=O)c1ccccc1[Se][Se]c1ccccc1C(=O)NC(CC)CO.